The molecule has 2 aromatic heterocycles. The average Bonchev–Trinajstić information content (AvgIpc) is 3.05. The SMILES string of the molecule is Cc1nc(CNC(C)c2ccc3[nH]c(=O)oc3c2)sc1C(C)(C)C. The third kappa shape index (κ3) is 3.44. The van der Waals surface area contributed by atoms with Gasteiger partial charge in [0.15, 0.2) is 5.58 Å². The second-order valence-electron chi connectivity index (χ2n) is 7.14. The molecule has 2 heterocycles. The second-order valence-corrected chi connectivity index (χ2v) is 8.23. The van der Waals surface area contributed by atoms with Crippen LogP contribution in [0.15, 0.2) is 27.4 Å². The van der Waals surface area contributed by atoms with Crippen LogP contribution in [0, 0.1) is 6.92 Å². The molecule has 5 nitrogen and oxygen atoms in total. The lowest BCUT2D eigenvalue weighted by atomic mass is 9.94. The molecule has 0 aliphatic rings. The molecule has 0 radical (unpaired) electrons. The van der Waals surface area contributed by atoms with Crippen LogP contribution in [0.3, 0.4) is 0 Å². The van der Waals surface area contributed by atoms with Crippen molar-refractivity contribution in [3.05, 3.63) is 49.9 Å². The van der Waals surface area contributed by atoms with Crippen molar-refractivity contribution in [2.45, 2.75) is 52.6 Å². The largest absolute Gasteiger partial charge is 0.417 e. The van der Waals surface area contributed by atoms with Gasteiger partial charge in [0.1, 0.15) is 5.01 Å². The summed E-state index contributed by atoms with van der Waals surface area (Å²) in [5, 5.41) is 4.59. The second kappa shape index (κ2) is 6.18. The molecule has 0 saturated carbocycles. The highest BCUT2D eigenvalue weighted by molar-refractivity contribution is 7.11. The molecule has 0 fully saturated rings. The van der Waals surface area contributed by atoms with Gasteiger partial charge in [-0.1, -0.05) is 26.8 Å². The highest BCUT2D eigenvalue weighted by atomic mass is 32.1. The van der Waals surface area contributed by atoms with Crippen molar-refractivity contribution in [2.75, 3.05) is 0 Å². The maximum absolute atomic E-state index is 11.3. The Morgan fingerprint density at radius 2 is 2.12 bits per heavy atom. The van der Waals surface area contributed by atoms with Crippen LogP contribution >= 0.6 is 11.3 Å². The molecule has 0 aliphatic heterocycles. The van der Waals surface area contributed by atoms with E-state index in [1.165, 1.54) is 4.88 Å². The maximum Gasteiger partial charge on any atom is 0.417 e. The first-order valence-corrected chi connectivity index (χ1v) is 8.88. The van der Waals surface area contributed by atoms with Crippen LogP contribution in [-0.4, -0.2) is 9.97 Å². The first kappa shape index (κ1) is 16.9. The van der Waals surface area contributed by atoms with Crippen molar-refractivity contribution in [3.63, 3.8) is 0 Å². The summed E-state index contributed by atoms with van der Waals surface area (Å²) >= 11 is 1.77. The van der Waals surface area contributed by atoms with Crippen LogP contribution in [0.5, 0.6) is 0 Å². The molecule has 0 aliphatic carbocycles. The predicted octanol–water partition coefficient (Wildman–Crippen LogP) is 4.03. The van der Waals surface area contributed by atoms with E-state index in [0.717, 1.165) is 28.3 Å². The minimum absolute atomic E-state index is 0.127. The normalized spacial score (nSPS) is 13.5. The highest BCUT2D eigenvalue weighted by Gasteiger charge is 2.21. The van der Waals surface area contributed by atoms with E-state index in [9.17, 15) is 4.79 Å². The fraction of sp³-hybridized carbons (Fsp3) is 0.444. The summed E-state index contributed by atoms with van der Waals surface area (Å²) in [6.45, 7) is 11.5. The molecule has 128 valence electrons. The van der Waals surface area contributed by atoms with Gasteiger partial charge in [0.25, 0.3) is 0 Å². The zero-order valence-electron chi connectivity index (χ0n) is 14.7. The van der Waals surface area contributed by atoms with Crippen LogP contribution in [0.4, 0.5) is 0 Å². The first-order chi connectivity index (χ1) is 11.2. The molecule has 0 amide bonds. The van der Waals surface area contributed by atoms with E-state index in [-0.39, 0.29) is 11.5 Å². The fourth-order valence-electron chi connectivity index (χ4n) is 2.81. The van der Waals surface area contributed by atoms with Crippen molar-refractivity contribution in [1.82, 2.24) is 15.3 Å². The number of oxazole rings is 1. The smallest absolute Gasteiger partial charge is 0.408 e. The van der Waals surface area contributed by atoms with Gasteiger partial charge >= 0.3 is 5.76 Å². The van der Waals surface area contributed by atoms with E-state index in [1.807, 2.05) is 18.2 Å². The minimum atomic E-state index is -0.421. The predicted molar refractivity (Wildman–Crippen MR) is 97.6 cm³/mol. The van der Waals surface area contributed by atoms with Crippen LogP contribution in [-0.2, 0) is 12.0 Å². The molecule has 1 unspecified atom stereocenters. The van der Waals surface area contributed by atoms with Crippen molar-refractivity contribution >= 4 is 22.4 Å². The number of thiazole rings is 1. The van der Waals surface area contributed by atoms with E-state index in [2.05, 4.69) is 49.9 Å². The van der Waals surface area contributed by atoms with Crippen molar-refractivity contribution in [2.24, 2.45) is 0 Å². The Balaban J connectivity index is 1.72. The molecular formula is C18H23N3O2S. The molecular weight excluding hydrogens is 322 g/mol. The van der Waals surface area contributed by atoms with Crippen LogP contribution in [0.2, 0.25) is 0 Å². The van der Waals surface area contributed by atoms with Crippen molar-refractivity contribution in [1.29, 1.82) is 0 Å². The van der Waals surface area contributed by atoms with E-state index >= 15 is 0 Å². The number of hydrogen-bond acceptors (Lipinski definition) is 5. The Hall–Kier alpha value is -1.92. The lowest BCUT2D eigenvalue weighted by molar-refractivity contribution is 0.550. The zero-order chi connectivity index (χ0) is 17.5. The Bertz CT molecular complexity index is 914. The average molecular weight is 345 g/mol. The molecule has 6 heteroatoms. The molecule has 24 heavy (non-hydrogen) atoms. The summed E-state index contributed by atoms with van der Waals surface area (Å²) in [5.41, 5.74) is 3.64. The van der Waals surface area contributed by atoms with E-state index in [4.69, 9.17) is 4.42 Å². The summed E-state index contributed by atoms with van der Waals surface area (Å²) < 4.78 is 5.13. The lowest BCUT2D eigenvalue weighted by Crippen LogP contribution is -2.17. The van der Waals surface area contributed by atoms with E-state index < -0.39 is 5.76 Å². The van der Waals surface area contributed by atoms with Crippen LogP contribution in [0.25, 0.3) is 11.1 Å². The molecule has 3 aromatic rings. The summed E-state index contributed by atoms with van der Waals surface area (Å²) in [6.07, 6.45) is 0. The number of nitrogens with zero attached hydrogens (tertiary/aromatic N) is 1. The van der Waals surface area contributed by atoms with Gasteiger partial charge in [0, 0.05) is 17.5 Å². The summed E-state index contributed by atoms with van der Waals surface area (Å²) in [4.78, 5) is 19.9. The van der Waals surface area contributed by atoms with Gasteiger partial charge in [-0.3, -0.25) is 4.98 Å². The number of fused-ring (bicyclic) bond motifs is 1. The number of benzene rings is 1. The van der Waals surface area contributed by atoms with Crippen molar-refractivity contribution < 1.29 is 4.42 Å². The van der Waals surface area contributed by atoms with Gasteiger partial charge in [0.05, 0.1) is 11.2 Å². The number of H-pyrrole nitrogens is 1. The Morgan fingerprint density at radius 3 is 2.79 bits per heavy atom. The maximum atomic E-state index is 11.3. The number of aromatic nitrogens is 2. The highest BCUT2D eigenvalue weighted by Crippen LogP contribution is 2.31. The topological polar surface area (TPSA) is 70.9 Å². The van der Waals surface area contributed by atoms with E-state index in [1.54, 1.807) is 11.3 Å². The molecule has 0 spiro atoms. The van der Waals surface area contributed by atoms with Gasteiger partial charge in [-0.25, -0.2) is 9.78 Å². The quantitative estimate of drug-likeness (QED) is 0.749. The van der Waals surface area contributed by atoms with Gasteiger partial charge in [-0.15, -0.1) is 11.3 Å². The molecule has 0 saturated heterocycles. The van der Waals surface area contributed by atoms with Crippen LogP contribution < -0.4 is 11.1 Å². The third-order valence-corrected chi connectivity index (χ3v) is 5.61. The number of rotatable bonds is 4. The fourth-order valence-corrected chi connectivity index (χ4v) is 3.89. The zero-order valence-corrected chi connectivity index (χ0v) is 15.5. The van der Waals surface area contributed by atoms with Gasteiger partial charge in [0.2, 0.25) is 0 Å². The van der Waals surface area contributed by atoms with E-state index in [0.29, 0.717) is 5.58 Å². The minimum Gasteiger partial charge on any atom is -0.408 e. The van der Waals surface area contributed by atoms with Crippen LogP contribution in [0.1, 0.15) is 54.9 Å². The van der Waals surface area contributed by atoms with Gasteiger partial charge < -0.3 is 9.73 Å². The number of aryl methyl sites for hydroxylation is 1. The molecule has 2 N–H and O–H groups in total. The Morgan fingerprint density at radius 1 is 1.38 bits per heavy atom. The number of nitrogens with one attached hydrogen (secondary N) is 2. The summed E-state index contributed by atoms with van der Waals surface area (Å²) in [6, 6.07) is 5.91. The summed E-state index contributed by atoms with van der Waals surface area (Å²) in [7, 11) is 0. The molecule has 1 aromatic carbocycles. The first-order valence-electron chi connectivity index (χ1n) is 8.07. The monoisotopic (exact) mass is 345 g/mol. The van der Waals surface area contributed by atoms with Gasteiger partial charge in [-0.2, -0.15) is 0 Å². The third-order valence-electron chi connectivity index (χ3n) is 4.03. The standard InChI is InChI=1S/C18H23N3O2S/c1-10(12-6-7-13-14(8-12)23-17(22)21-13)19-9-15-20-11(2)16(24-15)18(3,4)5/h6-8,10,19H,9H2,1-5H3,(H,21,22). The molecule has 0 bridgehead atoms. The number of aromatic amines is 1. The summed E-state index contributed by atoms with van der Waals surface area (Å²) in [5.74, 6) is -0.421. The van der Waals surface area contributed by atoms with Gasteiger partial charge in [-0.05, 0) is 37.0 Å². The Kier molecular flexibility index (Phi) is 4.36. The molecule has 1 atom stereocenters. The number of hydrogen-bond donors (Lipinski definition) is 2. The Labute approximate surface area is 145 Å². The molecule has 3 rings (SSSR count). The lowest BCUT2D eigenvalue weighted by Gasteiger charge is -2.16. The van der Waals surface area contributed by atoms with Crippen molar-refractivity contribution in [3.8, 4) is 0 Å².